The van der Waals surface area contributed by atoms with Crippen LogP contribution in [0, 0.1) is 40.4 Å². The number of terminal acetylenes is 1. The zero-order chi connectivity index (χ0) is 41.9. The summed E-state index contributed by atoms with van der Waals surface area (Å²) in [5.74, 6) is 0.405. The summed E-state index contributed by atoms with van der Waals surface area (Å²) in [5.41, 5.74) is -2.07. The van der Waals surface area contributed by atoms with Gasteiger partial charge in [-0.25, -0.2) is 0 Å². The van der Waals surface area contributed by atoms with Crippen molar-refractivity contribution in [2.75, 3.05) is 13.1 Å². The molecule has 2 saturated heterocycles. The molecule has 0 unspecified atom stereocenters. The lowest BCUT2D eigenvalue weighted by molar-refractivity contribution is -0.146. The van der Waals surface area contributed by atoms with Gasteiger partial charge in [0, 0.05) is 18.6 Å². The topological polar surface area (TPSA) is 157 Å². The van der Waals surface area contributed by atoms with Crippen molar-refractivity contribution in [1.29, 1.82) is 0 Å². The Balaban J connectivity index is 1.44. The first-order chi connectivity index (χ1) is 26.8. The van der Waals surface area contributed by atoms with Gasteiger partial charge in [0.15, 0.2) is 0 Å². The van der Waals surface area contributed by atoms with Gasteiger partial charge in [-0.2, -0.15) is 0 Å². The third-order valence-corrected chi connectivity index (χ3v) is 14.3. The van der Waals surface area contributed by atoms with Crippen LogP contribution in [0.1, 0.15) is 152 Å². The second-order valence-electron chi connectivity index (χ2n) is 19.9. The van der Waals surface area contributed by atoms with E-state index in [4.69, 9.17) is 6.42 Å². The molecule has 57 heavy (non-hydrogen) atoms. The van der Waals surface area contributed by atoms with Gasteiger partial charge in [0.2, 0.25) is 29.4 Å². The van der Waals surface area contributed by atoms with E-state index in [0.29, 0.717) is 12.3 Å². The number of amides is 5. The van der Waals surface area contributed by atoms with E-state index in [2.05, 4.69) is 59.8 Å². The van der Waals surface area contributed by atoms with Crippen LogP contribution in [-0.2, 0) is 28.8 Å². The Bertz CT molecular complexity index is 1550. The minimum atomic E-state index is -1.06. The average molecular weight is 793 g/mol. The van der Waals surface area contributed by atoms with E-state index in [1.54, 1.807) is 0 Å². The molecule has 5 fully saturated rings. The fraction of sp³-hybridized carbons (Fsp3) is 0.822. The first-order valence-electron chi connectivity index (χ1n) is 22.1. The van der Waals surface area contributed by atoms with Gasteiger partial charge in [-0.1, -0.05) is 79.6 Å². The molecule has 5 amide bonds. The molecule has 0 radical (unpaired) electrons. The molecule has 0 spiro atoms. The zero-order valence-electron chi connectivity index (χ0n) is 36.1. The highest BCUT2D eigenvalue weighted by atomic mass is 16.2. The van der Waals surface area contributed by atoms with Crippen molar-refractivity contribution in [3.63, 3.8) is 0 Å². The summed E-state index contributed by atoms with van der Waals surface area (Å²) < 4.78 is 0. The summed E-state index contributed by atoms with van der Waals surface area (Å²) in [5, 5.41) is 11.9. The van der Waals surface area contributed by atoms with Crippen molar-refractivity contribution in [3.8, 4) is 12.3 Å². The van der Waals surface area contributed by atoms with Gasteiger partial charge >= 0.3 is 0 Å². The Labute approximate surface area is 341 Å². The number of hydrogen-bond donors (Lipinski definition) is 4. The van der Waals surface area contributed by atoms with Crippen LogP contribution in [0.4, 0.5) is 0 Å². The van der Waals surface area contributed by atoms with E-state index in [1.165, 1.54) is 4.90 Å². The maximum absolute atomic E-state index is 15.2. The van der Waals surface area contributed by atoms with E-state index < -0.39 is 69.8 Å². The fourth-order valence-corrected chi connectivity index (χ4v) is 9.97. The maximum Gasteiger partial charge on any atom is 0.289 e. The highest BCUT2D eigenvalue weighted by molar-refractivity contribution is 6.38. The summed E-state index contributed by atoms with van der Waals surface area (Å²) in [6, 6.07) is -4.09. The summed E-state index contributed by atoms with van der Waals surface area (Å²) in [6.45, 7) is 16.9. The molecule has 0 aromatic rings. The van der Waals surface area contributed by atoms with Gasteiger partial charge in [-0.15, -0.1) is 6.42 Å². The lowest BCUT2D eigenvalue weighted by atomic mass is 9.54. The molecule has 2 aliphatic heterocycles. The number of Topliss-reactive ketones (excluding diaryl/α,β-unsaturated/α-hetero) is 1. The van der Waals surface area contributed by atoms with Crippen molar-refractivity contribution in [2.24, 2.45) is 28.1 Å². The third-order valence-electron chi connectivity index (χ3n) is 14.3. The number of rotatable bonds is 16. The molecule has 0 aromatic heterocycles. The van der Waals surface area contributed by atoms with Gasteiger partial charge in [0.1, 0.15) is 18.1 Å². The monoisotopic (exact) mass is 793 g/mol. The minimum absolute atomic E-state index is 0.0135. The Kier molecular flexibility index (Phi) is 14.3. The predicted octanol–water partition coefficient (Wildman–Crippen LogP) is 4.63. The van der Waals surface area contributed by atoms with Crippen LogP contribution in [-0.4, -0.2) is 101 Å². The molecule has 5 aliphatic rings. The van der Waals surface area contributed by atoms with Gasteiger partial charge in [0.25, 0.3) is 5.91 Å². The van der Waals surface area contributed by atoms with Crippen LogP contribution in [0.25, 0.3) is 0 Å². The minimum Gasteiger partial charge on any atom is -0.347 e. The maximum atomic E-state index is 15.2. The largest absolute Gasteiger partial charge is 0.347 e. The summed E-state index contributed by atoms with van der Waals surface area (Å²) in [7, 11) is 0. The summed E-state index contributed by atoms with van der Waals surface area (Å²) >= 11 is 0. The Morgan fingerprint density at radius 1 is 0.807 bits per heavy atom. The summed E-state index contributed by atoms with van der Waals surface area (Å²) in [4.78, 5) is 88.2. The van der Waals surface area contributed by atoms with Crippen molar-refractivity contribution in [2.45, 2.75) is 194 Å². The van der Waals surface area contributed by atoms with Crippen LogP contribution in [0.3, 0.4) is 0 Å². The van der Waals surface area contributed by atoms with Crippen molar-refractivity contribution >= 4 is 35.3 Å². The lowest BCUT2D eigenvalue weighted by Gasteiger charge is -2.49. The highest BCUT2D eigenvalue weighted by Crippen LogP contribution is 2.57. The van der Waals surface area contributed by atoms with Gasteiger partial charge in [0.05, 0.1) is 17.5 Å². The van der Waals surface area contributed by atoms with Crippen LogP contribution >= 0.6 is 0 Å². The first kappa shape index (κ1) is 44.6. The Morgan fingerprint density at radius 3 is 2.00 bits per heavy atom. The quantitative estimate of drug-likeness (QED) is 0.131. The van der Waals surface area contributed by atoms with Gasteiger partial charge < -0.3 is 26.2 Å². The molecule has 0 bridgehead atoms. The second kappa shape index (κ2) is 18.2. The molecular weight excluding hydrogens is 721 g/mol. The Hall–Kier alpha value is -3.46. The van der Waals surface area contributed by atoms with Crippen LogP contribution < -0.4 is 21.3 Å². The van der Waals surface area contributed by atoms with Crippen LogP contribution in [0.15, 0.2) is 0 Å². The molecule has 0 aromatic carbocycles. The van der Waals surface area contributed by atoms with Crippen LogP contribution in [0.5, 0.6) is 0 Å². The number of nitrogens with one attached hydrogen (secondary N) is 4. The second-order valence-corrected chi connectivity index (χ2v) is 19.9. The standard InChI is InChI=1S/C45H72N6O6/c1-10-17-32(36(52)41(56)46-31-23-24-31)47-39(54)34-26-45(11-2,44(8,9)30-20-15-21-30)27-51(34)42(57)37(43(5,6)7)49-40(55)35(29-18-13-12-14-19-29)48-38(53)33-22-16-25-50(33)28(3)4/h2,28-35,37H,10,12-27H2,1,3-9H3,(H,46,56)(H,47,54)(H,48,53)(H,49,55)/t32-,33+,34-,35-,37+,45-/m0/s1. The third kappa shape index (κ3) is 9.88. The molecule has 3 aliphatic carbocycles. The van der Waals surface area contributed by atoms with E-state index >= 15 is 4.79 Å². The Morgan fingerprint density at radius 2 is 1.46 bits per heavy atom. The fourth-order valence-electron chi connectivity index (χ4n) is 9.97. The first-order valence-corrected chi connectivity index (χ1v) is 22.1. The SMILES string of the molecule is C#C[C@]1(C(C)(C)C2CCC2)C[C@@H](C(=O)N[C@@H](CCC)C(=O)C(=O)NC2CC2)N(C(=O)[C@@H](NC(=O)[C@@H](NC(=O)[C@H]2CCCN2C(C)C)C2CCCCC2)C(C)(C)C)C1. The van der Waals surface area contributed by atoms with Crippen molar-refractivity contribution in [3.05, 3.63) is 0 Å². The van der Waals surface area contributed by atoms with Crippen LogP contribution in [0.2, 0.25) is 0 Å². The lowest BCUT2D eigenvalue weighted by Crippen LogP contribution is -2.62. The molecule has 12 nitrogen and oxygen atoms in total. The smallest absolute Gasteiger partial charge is 0.289 e. The number of carbonyl (C=O) groups excluding carboxylic acids is 6. The molecule has 318 valence electrons. The molecule has 5 rings (SSSR count). The molecule has 6 atom stereocenters. The molecule has 3 saturated carbocycles. The number of ketones is 1. The molecule has 2 heterocycles. The number of carbonyl (C=O) groups is 6. The number of nitrogens with zero attached hydrogens (tertiary/aromatic N) is 2. The highest BCUT2D eigenvalue weighted by Gasteiger charge is 2.59. The van der Waals surface area contributed by atoms with Gasteiger partial charge in [-0.3, -0.25) is 33.7 Å². The summed E-state index contributed by atoms with van der Waals surface area (Å²) in [6.07, 6.45) is 18.5. The molecular formula is C45H72N6O6. The molecule has 12 heteroatoms. The molecule has 4 N–H and O–H groups in total. The van der Waals surface area contributed by atoms with E-state index in [0.717, 1.165) is 83.6 Å². The van der Waals surface area contributed by atoms with E-state index in [1.807, 2.05) is 27.7 Å². The van der Waals surface area contributed by atoms with Crippen molar-refractivity contribution < 1.29 is 28.8 Å². The average Bonchev–Trinajstić information content (AvgIpc) is 3.62. The predicted molar refractivity (Wildman–Crippen MR) is 220 cm³/mol. The number of hydrogen-bond acceptors (Lipinski definition) is 7. The zero-order valence-corrected chi connectivity index (χ0v) is 36.1. The van der Waals surface area contributed by atoms with E-state index in [-0.39, 0.29) is 49.3 Å². The normalized spacial score (nSPS) is 26.5. The van der Waals surface area contributed by atoms with Gasteiger partial charge in [-0.05, 0) is 107 Å². The number of likely N-dealkylation sites (tertiary alicyclic amines) is 2. The van der Waals surface area contributed by atoms with E-state index in [9.17, 15) is 24.0 Å². The van der Waals surface area contributed by atoms with Crippen molar-refractivity contribution in [1.82, 2.24) is 31.1 Å².